The second-order valence-electron chi connectivity index (χ2n) is 12.6. The van der Waals surface area contributed by atoms with Crippen LogP contribution in [0.2, 0.25) is 0 Å². The van der Waals surface area contributed by atoms with E-state index in [2.05, 4.69) is 20.9 Å². The highest BCUT2D eigenvalue weighted by atomic mass is 32.2. The summed E-state index contributed by atoms with van der Waals surface area (Å²) in [5.41, 5.74) is 2.64. The molecular formula is C36H48N4O7S. The van der Waals surface area contributed by atoms with Gasteiger partial charge in [-0.2, -0.15) is 8.42 Å². The number of aromatic nitrogens is 1. The summed E-state index contributed by atoms with van der Waals surface area (Å²) < 4.78 is 50.1. The van der Waals surface area contributed by atoms with Gasteiger partial charge in [-0.05, 0) is 80.8 Å². The van der Waals surface area contributed by atoms with Crippen molar-refractivity contribution >= 4 is 27.5 Å². The quantitative estimate of drug-likeness (QED) is 0.136. The van der Waals surface area contributed by atoms with E-state index in [0.717, 1.165) is 75.4 Å². The summed E-state index contributed by atoms with van der Waals surface area (Å²) in [5, 5.41) is 0. The lowest BCUT2D eigenvalue weighted by Crippen LogP contribution is -2.50. The van der Waals surface area contributed by atoms with E-state index in [-0.39, 0.29) is 29.4 Å². The number of para-hydroxylation sites is 2. The zero-order chi connectivity index (χ0) is 33.9. The second kappa shape index (κ2) is 17.2. The summed E-state index contributed by atoms with van der Waals surface area (Å²) in [6.07, 6.45) is 5.39. The highest BCUT2D eigenvalue weighted by molar-refractivity contribution is 7.85. The number of hydrogen-bond acceptors (Lipinski definition) is 9. The molecule has 2 heterocycles. The van der Waals surface area contributed by atoms with Crippen LogP contribution >= 0.6 is 0 Å². The Bertz CT molecular complexity index is 1570. The molecule has 12 heteroatoms. The number of nitrogens with zero attached hydrogens (tertiary/aromatic N) is 4. The van der Waals surface area contributed by atoms with Crippen LogP contribution in [0.1, 0.15) is 36.8 Å². The Labute approximate surface area is 284 Å². The number of piperazine rings is 1. The molecule has 1 aliphatic carbocycles. The standard InChI is InChI=1S/C36H48N4O7S/c1-28-10-15-34(48(42,43)44)31(25-28)26-29-11-13-30(14-12-29)36(41)40(35-9-5-6-16-37-35)22-19-38-17-20-39(21-18-38)32-7-3-4-8-33(32)47-27-46-24-23-45-2/h3-10,15-16,25,29-30H,11-14,17-24,26-27H2,1-2H3,(H,42,43,44). The molecule has 0 unspecified atom stereocenters. The van der Waals surface area contributed by atoms with Gasteiger partial charge in [0.05, 0.1) is 23.8 Å². The monoisotopic (exact) mass is 680 g/mol. The minimum absolute atomic E-state index is 0.0191. The third kappa shape index (κ3) is 9.76. The minimum Gasteiger partial charge on any atom is -0.465 e. The van der Waals surface area contributed by atoms with Crippen LogP contribution in [0.3, 0.4) is 0 Å². The smallest absolute Gasteiger partial charge is 0.294 e. The number of ether oxygens (including phenoxy) is 3. The van der Waals surface area contributed by atoms with Crippen LogP contribution in [0, 0.1) is 18.8 Å². The fourth-order valence-electron chi connectivity index (χ4n) is 6.72. The van der Waals surface area contributed by atoms with Crippen LogP contribution in [0.15, 0.2) is 71.8 Å². The number of amides is 1. The fourth-order valence-corrected chi connectivity index (χ4v) is 7.43. The number of methoxy groups -OCH3 is 1. The van der Waals surface area contributed by atoms with E-state index in [9.17, 15) is 17.8 Å². The molecule has 48 heavy (non-hydrogen) atoms. The SMILES string of the molecule is COCCOCOc1ccccc1N1CCN(CCN(C(=O)C2CCC(Cc3cc(C)ccc3S(=O)(=O)O)CC2)c2ccccn2)CC1. The summed E-state index contributed by atoms with van der Waals surface area (Å²) in [6.45, 7) is 7.77. The Balaban J connectivity index is 1.15. The van der Waals surface area contributed by atoms with Gasteiger partial charge in [0.2, 0.25) is 5.91 Å². The Morgan fingerprint density at radius 1 is 0.979 bits per heavy atom. The molecule has 260 valence electrons. The Hall–Kier alpha value is -3.55. The molecule has 3 aromatic rings. The molecule has 1 saturated carbocycles. The number of carbonyl (C=O) groups is 1. The molecule has 0 radical (unpaired) electrons. The van der Waals surface area contributed by atoms with Crippen molar-refractivity contribution in [2.75, 3.05) is 76.2 Å². The average Bonchev–Trinajstić information content (AvgIpc) is 3.09. The van der Waals surface area contributed by atoms with E-state index in [4.69, 9.17) is 14.2 Å². The van der Waals surface area contributed by atoms with Crippen molar-refractivity contribution in [2.24, 2.45) is 11.8 Å². The van der Waals surface area contributed by atoms with Crippen molar-refractivity contribution in [2.45, 2.75) is 43.9 Å². The molecule has 2 aliphatic rings. The van der Waals surface area contributed by atoms with E-state index < -0.39 is 10.1 Å². The van der Waals surface area contributed by atoms with Crippen molar-refractivity contribution in [1.82, 2.24) is 9.88 Å². The first-order valence-corrected chi connectivity index (χ1v) is 18.2. The van der Waals surface area contributed by atoms with Gasteiger partial charge in [-0.3, -0.25) is 19.1 Å². The first-order chi connectivity index (χ1) is 23.2. The molecule has 0 atom stereocenters. The molecular weight excluding hydrogens is 632 g/mol. The first kappa shape index (κ1) is 35.7. The van der Waals surface area contributed by atoms with E-state index in [1.54, 1.807) is 19.4 Å². The average molecular weight is 681 g/mol. The maximum absolute atomic E-state index is 14.0. The van der Waals surface area contributed by atoms with Crippen LogP contribution in [0.5, 0.6) is 5.75 Å². The van der Waals surface area contributed by atoms with Crippen LogP contribution in [0.25, 0.3) is 0 Å². The number of anilines is 2. The molecule has 1 aromatic heterocycles. The fraction of sp³-hybridized carbons (Fsp3) is 0.500. The van der Waals surface area contributed by atoms with Crippen molar-refractivity contribution in [3.63, 3.8) is 0 Å². The van der Waals surface area contributed by atoms with Gasteiger partial charge in [-0.1, -0.05) is 35.9 Å². The van der Waals surface area contributed by atoms with Crippen molar-refractivity contribution in [3.05, 3.63) is 78.0 Å². The zero-order valence-corrected chi connectivity index (χ0v) is 28.8. The molecule has 1 aliphatic heterocycles. The first-order valence-electron chi connectivity index (χ1n) is 16.8. The Morgan fingerprint density at radius 2 is 1.73 bits per heavy atom. The summed E-state index contributed by atoms with van der Waals surface area (Å²) in [6, 6.07) is 18.7. The third-order valence-electron chi connectivity index (χ3n) is 9.34. The maximum atomic E-state index is 14.0. The van der Waals surface area contributed by atoms with Crippen LogP contribution < -0.4 is 14.5 Å². The number of aryl methyl sites for hydroxylation is 1. The summed E-state index contributed by atoms with van der Waals surface area (Å²) in [7, 11) is -2.66. The number of pyridine rings is 1. The molecule has 0 bridgehead atoms. The molecule has 2 fully saturated rings. The van der Waals surface area contributed by atoms with Crippen molar-refractivity contribution < 1.29 is 32.0 Å². The topological polar surface area (TPSA) is 122 Å². The summed E-state index contributed by atoms with van der Waals surface area (Å²) in [5.74, 6) is 1.68. The zero-order valence-electron chi connectivity index (χ0n) is 28.0. The largest absolute Gasteiger partial charge is 0.465 e. The lowest BCUT2D eigenvalue weighted by Gasteiger charge is -2.38. The third-order valence-corrected chi connectivity index (χ3v) is 10.3. The number of carbonyl (C=O) groups excluding carboxylic acids is 1. The predicted octanol–water partition coefficient (Wildman–Crippen LogP) is 4.84. The van der Waals surface area contributed by atoms with Crippen molar-refractivity contribution in [3.8, 4) is 5.75 Å². The number of benzene rings is 2. The normalized spacial score (nSPS) is 18.9. The van der Waals surface area contributed by atoms with Crippen LogP contribution in [-0.2, 0) is 30.8 Å². The number of hydrogen-bond donors (Lipinski definition) is 1. The van der Waals surface area contributed by atoms with Crippen LogP contribution in [0.4, 0.5) is 11.5 Å². The number of rotatable bonds is 15. The minimum atomic E-state index is -4.30. The molecule has 1 saturated heterocycles. The summed E-state index contributed by atoms with van der Waals surface area (Å²) >= 11 is 0. The van der Waals surface area contributed by atoms with Gasteiger partial charge in [0.15, 0.2) is 6.79 Å². The summed E-state index contributed by atoms with van der Waals surface area (Å²) in [4.78, 5) is 25.1. The Kier molecular flexibility index (Phi) is 12.8. The van der Waals surface area contributed by atoms with Gasteiger partial charge >= 0.3 is 0 Å². The van der Waals surface area contributed by atoms with Crippen LogP contribution in [-0.4, -0.2) is 95.1 Å². The molecule has 1 amide bonds. The van der Waals surface area contributed by atoms with Gasteiger partial charge < -0.3 is 19.1 Å². The van der Waals surface area contributed by atoms with E-state index >= 15 is 0 Å². The highest BCUT2D eigenvalue weighted by Crippen LogP contribution is 2.34. The molecule has 5 rings (SSSR count). The van der Waals surface area contributed by atoms with Crippen molar-refractivity contribution in [1.29, 1.82) is 0 Å². The van der Waals surface area contributed by atoms with E-state index in [1.807, 2.05) is 54.3 Å². The second-order valence-corrected chi connectivity index (χ2v) is 14.0. The lowest BCUT2D eigenvalue weighted by molar-refractivity contribution is -0.123. The predicted molar refractivity (Wildman–Crippen MR) is 185 cm³/mol. The molecule has 0 spiro atoms. The van der Waals surface area contributed by atoms with Gasteiger partial charge in [-0.15, -0.1) is 0 Å². The maximum Gasteiger partial charge on any atom is 0.294 e. The molecule has 1 N–H and O–H groups in total. The van der Waals surface area contributed by atoms with Gasteiger partial charge in [0.25, 0.3) is 10.1 Å². The van der Waals surface area contributed by atoms with E-state index in [1.165, 1.54) is 6.07 Å². The lowest BCUT2D eigenvalue weighted by atomic mass is 9.78. The molecule has 11 nitrogen and oxygen atoms in total. The Morgan fingerprint density at radius 3 is 2.44 bits per heavy atom. The molecule has 2 aromatic carbocycles. The van der Waals surface area contributed by atoms with Gasteiger partial charge in [0.1, 0.15) is 11.6 Å². The van der Waals surface area contributed by atoms with Gasteiger partial charge in [-0.25, -0.2) is 4.98 Å². The van der Waals surface area contributed by atoms with E-state index in [0.29, 0.717) is 37.6 Å². The van der Waals surface area contributed by atoms with Gasteiger partial charge in [0, 0.05) is 58.5 Å². The highest BCUT2D eigenvalue weighted by Gasteiger charge is 2.32.